The number of fused-ring (bicyclic) bond motifs is 1. The minimum Gasteiger partial charge on any atom is -0.497 e. The average Bonchev–Trinajstić information content (AvgIpc) is 2.78. The summed E-state index contributed by atoms with van der Waals surface area (Å²) in [5, 5.41) is 8.22. The van der Waals surface area contributed by atoms with E-state index in [1.54, 1.807) is 7.11 Å². The molecule has 0 aliphatic carbocycles. The first-order chi connectivity index (χ1) is 14.3. The number of methoxy groups -OCH3 is 1. The molecule has 1 heterocycles. The van der Waals surface area contributed by atoms with Crippen LogP contribution in [0.3, 0.4) is 0 Å². The number of rotatable bonds is 8. The Morgan fingerprint density at radius 3 is 2.34 bits per heavy atom. The third kappa shape index (κ3) is 4.73. The standard InChI is InChI=1S/C25H25N3O/c1-29-22-11-12-23-24(13-14-27-25(23)15-22)28-18-21-10-6-5-9-20(21)17-26-16-19-7-3-2-4-8-19/h2-15,26H,16-18H2,1H3,(H,27,28). The van der Waals surface area contributed by atoms with Crippen LogP contribution in [0.25, 0.3) is 10.9 Å². The summed E-state index contributed by atoms with van der Waals surface area (Å²) >= 11 is 0. The molecule has 0 saturated carbocycles. The van der Waals surface area contributed by atoms with Gasteiger partial charge in [-0.2, -0.15) is 0 Å². The van der Waals surface area contributed by atoms with Crippen molar-refractivity contribution in [2.75, 3.05) is 12.4 Å². The monoisotopic (exact) mass is 383 g/mol. The van der Waals surface area contributed by atoms with Crippen LogP contribution < -0.4 is 15.4 Å². The summed E-state index contributed by atoms with van der Waals surface area (Å²) in [7, 11) is 1.67. The van der Waals surface area contributed by atoms with Gasteiger partial charge in [0, 0.05) is 43.0 Å². The van der Waals surface area contributed by atoms with Gasteiger partial charge in [0.15, 0.2) is 0 Å². The summed E-state index contributed by atoms with van der Waals surface area (Å²) in [6.45, 7) is 2.45. The van der Waals surface area contributed by atoms with E-state index in [4.69, 9.17) is 4.74 Å². The second-order valence-corrected chi connectivity index (χ2v) is 6.95. The summed E-state index contributed by atoms with van der Waals surface area (Å²) < 4.78 is 5.31. The molecule has 0 atom stereocenters. The predicted molar refractivity (Wildman–Crippen MR) is 119 cm³/mol. The molecule has 4 aromatic rings. The lowest BCUT2D eigenvalue weighted by Gasteiger charge is -2.14. The molecule has 0 spiro atoms. The number of benzene rings is 3. The summed E-state index contributed by atoms with van der Waals surface area (Å²) in [6, 6.07) is 27.0. The third-order valence-electron chi connectivity index (χ3n) is 5.02. The SMILES string of the molecule is COc1ccc2c(NCc3ccccc3CNCc3ccccc3)ccnc2c1. The molecular formula is C25H25N3O. The van der Waals surface area contributed by atoms with Crippen LogP contribution >= 0.6 is 0 Å². The second kappa shape index (κ2) is 9.22. The number of hydrogen-bond donors (Lipinski definition) is 2. The summed E-state index contributed by atoms with van der Waals surface area (Å²) in [5.74, 6) is 0.817. The molecular weight excluding hydrogens is 358 g/mol. The van der Waals surface area contributed by atoms with Crippen molar-refractivity contribution < 1.29 is 4.74 Å². The van der Waals surface area contributed by atoms with E-state index in [9.17, 15) is 0 Å². The minimum atomic E-state index is 0.758. The molecule has 0 aliphatic rings. The van der Waals surface area contributed by atoms with E-state index in [0.29, 0.717) is 0 Å². The molecule has 0 bridgehead atoms. The van der Waals surface area contributed by atoms with E-state index < -0.39 is 0 Å². The van der Waals surface area contributed by atoms with Crippen molar-refractivity contribution in [3.63, 3.8) is 0 Å². The lowest BCUT2D eigenvalue weighted by molar-refractivity contribution is 0.415. The van der Waals surface area contributed by atoms with Gasteiger partial charge in [-0.3, -0.25) is 4.98 Å². The van der Waals surface area contributed by atoms with Crippen LogP contribution in [0.4, 0.5) is 5.69 Å². The number of nitrogens with one attached hydrogen (secondary N) is 2. The molecule has 4 heteroatoms. The predicted octanol–water partition coefficient (Wildman–Crippen LogP) is 5.15. The van der Waals surface area contributed by atoms with Gasteiger partial charge >= 0.3 is 0 Å². The quantitative estimate of drug-likeness (QED) is 0.442. The minimum absolute atomic E-state index is 0.758. The van der Waals surface area contributed by atoms with Gasteiger partial charge in [0.05, 0.1) is 12.6 Å². The van der Waals surface area contributed by atoms with E-state index in [1.165, 1.54) is 16.7 Å². The molecule has 0 saturated heterocycles. The fourth-order valence-electron chi connectivity index (χ4n) is 3.44. The number of pyridine rings is 1. The molecule has 29 heavy (non-hydrogen) atoms. The topological polar surface area (TPSA) is 46.2 Å². The molecule has 4 rings (SSSR count). The molecule has 2 N–H and O–H groups in total. The number of nitrogens with zero attached hydrogens (tertiary/aromatic N) is 1. The molecule has 146 valence electrons. The Bertz CT molecular complexity index is 1080. The van der Waals surface area contributed by atoms with E-state index in [1.807, 2.05) is 30.5 Å². The van der Waals surface area contributed by atoms with Crippen LogP contribution in [-0.2, 0) is 19.6 Å². The highest BCUT2D eigenvalue weighted by molar-refractivity contribution is 5.91. The van der Waals surface area contributed by atoms with Crippen molar-refractivity contribution in [2.24, 2.45) is 0 Å². The number of aromatic nitrogens is 1. The average molecular weight is 383 g/mol. The summed E-state index contributed by atoms with van der Waals surface area (Å²) in [6.07, 6.45) is 1.83. The van der Waals surface area contributed by atoms with Crippen molar-refractivity contribution >= 4 is 16.6 Å². The van der Waals surface area contributed by atoms with Crippen LogP contribution in [0, 0.1) is 0 Å². The Hall–Kier alpha value is -3.37. The van der Waals surface area contributed by atoms with E-state index >= 15 is 0 Å². The number of ether oxygens (including phenoxy) is 1. The van der Waals surface area contributed by atoms with Gasteiger partial charge in [0.1, 0.15) is 5.75 Å². The molecule has 0 radical (unpaired) electrons. The van der Waals surface area contributed by atoms with Crippen molar-refractivity contribution in [3.8, 4) is 5.75 Å². The fraction of sp³-hybridized carbons (Fsp3) is 0.160. The summed E-state index contributed by atoms with van der Waals surface area (Å²) in [5.41, 5.74) is 5.88. The zero-order chi connectivity index (χ0) is 19.9. The zero-order valence-corrected chi connectivity index (χ0v) is 16.6. The van der Waals surface area contributed by atoms with Crippen LogP contribution in [0.2, 0.25) is 0 Å². The smallest absolute Gasteiger partial charge is 0.121 e. The van der Waals surface area contributed by atoms with Gasteiger partial charge in [-0.05, 0) is 34.9 Å². The van der Waals surface area contributed by atoms with Crippen molar-refractivity contribution in [2.45, 2.75) is 19.6 Å². The lowest BCUT2D eigenvalue weighted by Crippen LogP contribution is -2.15. The number of anilines is 1. The van der Waals surface area contributed by atoms with Gasteiger partial charge in [-0.15, -0.1) is 0 Å². The first-order valence-corrected chi connectivity index (χ1v) is 9.81. The van der Waals surface area contributed by atoms with E-state index in [0.717, 1.165) is 42.0 Å². The first-order valence-electron chi connectivity index (χ1n) is 9.81. The molecule has 0 aliphatic heterocycles. The van der Waals surface area contributed by atoms with Crippen molar-refractivity contribution in [1.82, 2.24) is 10.3 Å². The van der Waals surface area contributed by atoms with E-state index in [2.05, 4.69) is 70.2 Å². The molecule has 0 fully saturated rings. The van der Waals surface area contributed by atoms with Gasteiger partial charge < -0.3 is 15.4 Å². The largest absolute Gasteiger partial charge is 0.497 e. The van der Waals surface area contributed by atoms with E-state index in [-0.39, 0.29) is 0 Å². The Kier molecular flexibility index (Phi) is 6.03. The Morgan fingerprint density at radius 1 is 0.793 bits per heavy atom. The first kappa shape index (κ1) is 19.0. The zero-order valence-electron chi connectivity index (χ0n) is 16.6. The lowest BCUT2D eigenvalue weighted by atomic mass is 10.1. The second-order valence-electron chi connectivity index (χ2n) is 6.95. The fourth-order valence-corrected chi connectivity index (χ4v) is 3.44. The molecule has 0 unspecified atom stereocenters. The Labute approximate surface area is 171 Å². The maximum absolute atomic E-state index is 5.31. The summed E-state index contributed by atoms with van der Waals surface area (Å²) in [4.78, 5) is 4.46. The number of hydrogen-bond acceptors (Lipinski definition) is 4. The Morgan fingerprint density at radius 2 is 1.55 bits per heavy atom. The van der Waals surface area contributed by atoms with Gasteiger partial charge in [0.25, 0.3) is 0 Å². The molecule has 0 amide bonds. The highest BCUT2D eigenvalue weighted by Gasteiger charge is 2.06. The maximum atomic E-state index is 5.31. The van der Waals surface area contributed by atoms with Crippen LogP contribution in [0.1, 0.15) is 16.7 Å². The third-order valence-corrected chi connectivity index (χ3v) is 5.02. The molecule has 3 aromatic carbocycles. The van der Waals surface area contributed by atoms with Crippen LogP contribution in [-0.4, -0.2) is 12.1 Å². The van der Waals surface area contributed by atoms with Gasteiger partial charge in [-0.1, -0.05) is 54.6 Å². The maximum Gasteiger partial charge on any atom is 0.121 e. The van der Waals surface area contributed by atoms with Crippen LogP contribution in [0.15, 0.2) is 85.1 Å². The Balaban J connectivity index is 1.44. The van der Waals surface area contributed by atoms with Gasteiger partial charge in [0.2, 0.25) is 0 Å². The highest BCUT2D eigenvalue weighted by atomic mass is 16.5. The van der Waals surface area contributed by atoms with Crippen LogP contribution in [0.5, 0.6) is 5.75 Å². The molecule has 1 aromatic heterocycles. The highest BCUT2D eigenvalue weighted by Crippen LogP contribution is 2.26. The van der Waals surface area contributed by atoms with Crippen molar-refractivity contribution in [1.29, 1.82) is 0 Å². The van der Waals surface area contributed by atoms with Crippen molar-refractivity contribution in [3.05, 3.63) is 102 Å². The molecule has 4 nitrogen and oxygen atoms in total. The van der Waals surface area contributed by atoms with Gasteiger partial charge in [-0.25, -0.2) is 0 Å². The normalized spacial score (nSPS) is 10.8.